The van der Waals surface area contributed by atoms with E-state index < -0.39 is 7.60 Å². The van der Waals surface area contributed by atoms with Crippen LogP contribution in [0.2, 0.25) is 0 Å². The largest absolute Gasteiger partial charge is 0.385 e. The monoisotopic (exact) mass is 430 g/mol. The SMILES string of the molecule is C=CCCCCC=CCCCCCCCCCCOP(=O)(O)C(CC)[N+](C)(C)C. The van der Waals surface area contributed by atoms with Crippen LogP contribution in [0.3, 0.4) is 0 Å². The highest BCUT2D eigenvalue weighted by atomic mass is 31.2. The van der Waals surface area contributed by atoms with Crippen LogP contribution in [0.15, 0.2) is 24.8 Å². The number of quaternary nitrogens is 1. The molecule has 172 valence electrons. The summed E-state index contributed by atoms with van der Waals surface area (Å²) >= 11 is 0. The number of hydrogen-bond donors (Lipinski definition) is 1. The van der Waals surface area contributed by atoms with Gasteiger partial charge in [0.25, 0.3) is 0 Å². The Balaban J connectivity index is 3.53. The summed E-state index contributed by atoms with van der Waals surface area (Å²) in [5.74, 6) is -0.352. The fourth-order valence-corrected chi connectivity index (χ4v) is 5.61. The van der Waals surface area contributed by atoms with Crippen LogP contribution in [0.4, 0.5) is 0 Å². The van der Waals surface area contributed by atoms with E-state index in [-0.39, 0.29) is 5.78 Å². The number of nitrogens with zero attached hydrogens (tertiary/aromatic N) is 1. The molecule has 0 aromatic carbocycles. The lowest BCUT2D eigenvalue weighted by atomic mass is 10.1. The molecule has 0 aliphatic rings. The molecule has 2 atom stereocenters. The van der Waals surface area contributed by atoms with Crippen molar-refractivity contribution in [2.24, 2.45) is 0 Å². The predicted molar refractivity (Wildman–Crippen MR) is 127 cm³/mol. The molecule has 0 aliphatic carbocycles. The molecule has 2 unspecified atom stereocenters. The molecular weight excluding hydrogens is 381 g/mol. The third kappa shape index (κ3) is 16.0. The number of hydrogen-bond acceptors (Lipinski definition) is 2. The normalized spacial score (nSPS) is 15.5. The second-order valence-corrected chi connectivity index (χ2v) is 11.0. The zero-order valence-corrected chi connectivity index (χ0v) is 20.7. The van der Waals surface area contributed by atoms with E-state index in [4.69, 9.17) is 4.52 Å². The average molecular weight is 431 g/mol. The minimum absolute atomic E-state index is 0.352. The molecule has 0 saturated heterocycles. The fraction of sp³-hybridized carbons (Fsp3) is 0.833. The van der Waals surface area contributed by atoms with Gasteiger partial charge in [0.05, 0.1) is 27.7 Å². The van der Waals surface area contributed by atoms with E-state index in [0.29, 0.717) is 17.5 Å². The van der Waals surface area contributed by atoms with E-state index in [1.54, 1.807) is 0 Å². The maximum Gasteiger partial charge on any atom is 0.385 e. The van der Waals surface area contributed by atoms with Gasteiger partial charge >= 0.3 is 7.60 Å². The highest BCUT2D eigenvalue weighted by Gasteiger charge is 2.41. The molecule has 0 rings (SSSR count). The lowest BCUT2D eigenvalue weighted by molar-refractivity contribution is -0.883. The van der Waals surface area contributed by atoms with Crippen molar-refractivity contribution in [1.82, 2.24) is 0 Å². The molecule has 0 aliphatic heterocycles. The van der Waals surface area contributed by atoms with E-state index in [1.807, 2.05) is 34.1 Å². The smallest absolute Gasteiger partial charge is 0.320 e. The minimum Gasteiger partial charge on any atom is -0.320 e. The first-order valence-corrected chi connectivity index (χ1v) is 13.4. The average Bonchev–Trinajstić information content (AvgIpc) is 2.63. The molecule has 0 radical (unpaired) electrons. The molecule has 1 N–H and O–H groups in total. The molecule has 5 heteroatoms. The van der Waals surface area contributed by atoms with Crippen molar-refractivity contribution >= 4 is 7.60 Å². The Kier molecular flexibility index (Phi) is 17.0. The summed E-state index contributed by atoms with van der Waals surface area (Å²) in [7, 11) is 2.29. The maximum absolute atomic E-state index is 12.5. The molecule has 0 spiro atoms. The lowest BCUT2D eigenvalue weighted by Gasteiger charge is -2.35. The van der Waals surface area contributed by atoms with Gasteiger partial charge in [0, 0.05) is 6.42 Å². The first kappa shape index (κ1) is 28.6. The zero-order valence-electron chi connectivity index (χ0n) is 19.8. The van der Waals surface area contributed by atoms with Crippen molar-refractivity contribution in [2.45, 2.75) is 103 Å². The molecular formula is C24H49NO3P+. The van der Waals surface area contributed by atoms with Gasteiger partial charge in [0.15, 0.2) is 5.78 Å². The molecule has 0 bridgehead atoms. The Morgan fingerprint density at radius 1 is 0.862 bits per heavy atom. The van der Waals surface area contributed by atoms with E-state index in [9.17, 15) is 9.46 Å². The van der Waals surface area contributed by atoms with Crippen LogP contribution in [-0.2, 0) is 9.09 Å². The Hall–Kier alpha value is -0.410. The van der Waals surface area contributed by atoms with Crippen molar-refractivity contribution in [3.63, 3.8) is 0 Å². The first-order chi connectivity index (χ1) is 13.8. The Bertz CT molecular complexity index is 471. The highest BCUT2D eigenvalue weighted by molar-refractivity contribution is 7.53. The van der Waals surface area contributed by atoms with Crippen molar-refractivity contribution in [2.75, 3.05) is 27.7 Å². The summed E-state index contributed by atoms with van der Waals surface area (Å²) in [6, 6.07) is 0. The Morgan fingerprint density at radius 3 is 1.79 bits per heavy atom. The van der Waals surface area contributed by atoms with Crippen molar-refractivity contribution in [3.05, 3.63) is 24.8 Å². The van der Waals surface area contributed by atoms with E-state index >= 15 is 0 Å². The molecule has 0 heterocycles. The number of allylic oxidation sites excluding steroid dienone is 3. The highest BCUT2D eigenvalue weighted by Crippen LogP contribution is 2.51. The molecule has 29 heavy (non-hydrogen) atoms. The van der Waals surface area contributed by atoms with Gasteiger partial charge in [-0.05, 0) is 44.9 Å². The van der Waals surface area contributed by atoms with Crippen LogP contribution in [0.5, 0.6) is 0 Å². The van der Waals surface area contributed by atoms with Crippen LogP contribution in [0.1, 0.15) is 96.8 Å². The molecule has 0 saturated carbocycles. The van der Waals surface area contributed by atoms with Gasteiger partial charge in [0.2, 0.25) is 0 Å². The van der Waals surface area contributed by atoms with Gasteiger partial charge in [-0.3, -0.25) is 4.57 Å². The van der Waals surface area contributed by atoms with Crippen LogP contribution in [-0.4, -0.2) is 42.9 Å². The number of unbranched alkanes of at least 4 members (excludes halogenated alkanes) is 11. The van der Waals surface area contributed by atoms with E-state index in [2.05, 4.69) is 18.7 Å². The lowest BCUT2D eigenvalue weighted by Crippen LogP contribution is -2.44. The second-order valence-electron chi connectivity index (χ2n) is 9.06. The molecule has 4 nitrogen and oxygen atoms in total. The number of rotatable bonds is 20. The summed E-state index contributed by atoms with van der Waals surface area (Å²) in [6.07, 6.45) is 23.0. The third-order valence-electron chi connectivity index (χ3n) is 5.37. The molecule has 0 aromatic heterocycles. The zero-order chi connectivity index (χ0) is 22.0. The minimum atomic E-state index is -3.55. The van der Waals surface area contributed by atoms with Gasteiger partial charge in [-0.1, -0.05) is 63.7 Å². The van der Waals surface area contributed by atoms with Crippen molar-refractivity contribution in [1.29, 1.82) is 0 Å². The van der Waals surface area contributed by atoms with Gasteiger partial charge in [-0.25, -0.2) is 0 Å². The Morgan fingerprint density at radius 2 is 1.31 bits per heavy atom. The summed E-state index contributed by atoms with van der Waals surface area (Å²) in [4.78, 5) is 10.2. The first-order valence-electron chi connectivity index (χ1n) is 11.8. The van der Waals surface area contributed by atoms with Crippen molar-refractivity contribution < 1.29 is 18.5 Å². The quantitative estimate of drug-likeness (QED) is 0.0944. The summed E-state index contributed by atoms with van der Waals surface area (Å²) in [5, 5.41) is 0. The van der Waals surface area contributed by atoms with Crippen LogP contribution in [0.25, 0.3) is 0 Å². The summed E-state index contributed by atoms with van der Waals surface area (Å²) in [5.41, 5.74) is 0. The predicted octanol–water partition coefficient (Wildman–Crippen LogP) is 7.44. The van der Waals surface area contributed by atoms with E-state index in [0.717, 1.165) is 19.3 Å². The summed E-state index contributed by atoms with van der Waals surface area (Å²) < 4.78 is 18.3. The van der Waals surface area contributed by atoms with Crippen LogP contribution < -0.4 is 0 Å². The van der Waals surface area contributed by atoms with Gasteiger partial charge in [0.1, 0.15) is 0 Å². The van der Waals surface area contributed by atoms with Crippen LogP contribution >= 0.6 is 7.60 Å². The maximum atomic E-state index is 12.5. The van der Waals surface area contributed by atoms with Crippen molar-refractivity contribution in [3.8, 4) is 0 Å². The van der Waals surface area contributed by atoms with Gasteiger partial charge in [-0.15, -0.1) is 6.58 Å². The van der Waals surface area contributed by atoms with E-state index in [1.165, 1.54) is 64.2 Å². The van der Waals surface area contributed by atoms with Gasteiger partial charge < -0.3 is 13.9 Å². The fourth-order valence-electron chi connectivity index (χ4n) is 3.71. The molecule has 0 aromatic rings. The third-order valence-corrected chi connectivity index (χ3v) is 7.74. The second kappa shape index (κ2) is 17.3. The summed E-state index contributed by atoms with van der Waals surface area (Å²) in [6.45, 7) is 6.09. The molecule has 0 amide bonds. The Labute approximate surface area is 181 Å². The van der Waals surface area contributed by atoms with Gasteiger partial charge in [-0.2, -0.15) is 0 Å². The topological polar surface area (TPSA) is 46.5 Å². The molecule has 0 fully saturated rings. The standard InChI is InChI=1S/C24H48NO3P/c1-6-8-9-10-11-12-13-14-15-16-17-18-19-20-21-22-23-28-29(26,27)24(7-2)25(3,4)5/h6,12-13,24H,1,7-11,14-23H2,2-5H3/p+1. The van der Waals surface area contributed by atoms with Crippen LogP contribution in [0, 0.1) is 0 Å².